The number of nitrogens with one attached hydrogen (secondary N) is 2. The van der Waals surface area contributed by atoms with E-state index in [1.807, 2.05) is 36.5 Å². The second-order valence-electron chi connectivity index (χ2n) is 5.36. The lowest BCUT2D eigenvalue weighted by Gasteiger charge is -2.22. The summed E-state index contributed by atoms with van der Waals surface area (Å²) in [7, 11) is 0. The number of carbonyl (C=O) groups excluding carboxylic acids is 1. The number of rotatable bonds is 5. The van der Waals surface area contributed by atoms with Gasteiger partial charge in [0.25, 0.3) is 0 Å². The van der Waals surface area contributed by atoms with Crippen LogP contribution in [0.15, 0.2) is 36.5 Å². The highest BCUT2D eigenvalue weighted by Crippen LogP contribution is 2.18. The van der Waals surface area contributed by atoms with E-state index < -0.39 is 0 Å². The monoisotopic (exact) mass is 285 g/mol. The van der Waals surface area contributed by atoms with E-state index in [1.165, 1.54) is 5.56 Å². The molecule has 0 fully saturated rings. The number of hydrogen-bond acceptors (Lipinski definition) is 3. The maximum absolute atomic E-state index is 11.9. The van der Waals surface area contributed by atoms with Gasteiger partial charge in [-0.05, 0) is 24.0 Å². The molecule has 0 radical (unpaired) electrons. The summed E-state index contributed by atoms with van der Waals surface area (Å²) >= 11 is 0. The Labute approximate surface area is 123 Å². The van der Waals surface area contributed by atoms with Crippen molar-refractivity contribution in [2.24, 2.45) is 0 Å². The number of H-pyrrole nitrogens is 1. The van der Waals surface area contributed by atoms with Crippen molar-refractivity contribution < 1.29 is 9.53 Å². The molecule has 2 aromatic rings. The summed E-state index contributed by atoms with van der Waals surface area (Å²) in [6.45, 7) is 0.560. The third-order valence-electron chi connectivity index (χ3n) is 3.73. The van der Waals surface area contributed by atoms with Crippen molar-refractivity contribution in [1.29, 1.82) is 0 Å². The van der Waals surface area contributed by atoms with Crippen LogP contribution in [0.4, 0.5) is 0 Å². The molecule has 1 amide bonds. The van der Waals surface area contributed by atoms with Crippen LogP contribution < -0.4 is 5.32 Å². The van der Waals surface area contributed by atoms with Gasteiger partial charge in [-0.25, -0.2) is 0 Å². The number of ether oxygens (including phenoxy) is 1. The van der Waals surface area contributed by atoms with Crippen molar-refractivity contribution in [3.63, 3.8) is 0 Å². The summed E-state index contributed by atoms with van der Waals surface area (Å²) in [6.07, 6.45) is 4.61. The number of aromatic nitrogens is 2. The average molecular weight is 285 g/mol. The summed E-state index contributed by atoms with van der Waals surface area (Å²) in [5.74, 6) is -0.0566. The standard InChI is InChI=1S/C16H19N3O2/c20-16(11-21-10-12-4-2-1-3-5-12)18-14-7-6-13-9-17-19-15(13)8-14/h1-5,9,14H,6-8,10-11H2,(H,17,19)(H,18,20)/t14-/m0/s1. The molecule has 0 bridgehead atoms. The van der Waals surface area contributed by atoms with Crippen LogP contribution in [-0.4, -0.2) is 28.8 Å². The lowest BCUT2D eigenvalue weighted by atomic mass is 9.94. The fraction of sp³-hybridized carbons (Fsp3) is 0.375. The number of carbonyl (C=O) groups is 1. The molecule has 5 nitrogen and oxygen atoms in total. The molecule has 3 rings (SSSR count). The van der Waals surface area contributed by atoms with Gasteiger partial charge in [0, 0.05) is 18.2 Å². The van der Waals surface area contributed by atoms with Crippen LogP contribution in [0.5, 0.6) is 0 Å². The minimum Gasteiger partial charge on any atom is -0.367 e. The molecule has 1 heterocycles. The van der Waals surface area contributed by atoms with Crippen LogP contribution in [0.25, 0.3) is 0 Å². The Morgan fingerprint density at radius 3 is 3.10 bits per heavy atom. The van der Waals surface area contributed by atoms with E-state index in [9.17, 15) is 4.79 Å². The molecule has 2 N–H and O–H groups in total. The zero-order valence-corrected chi connectivity index (χ0v) is 11.8. The Morgan fingerprint density at radius 1 is 1.38 bits per heavy atom. The van der Waals surface area contributed by atoms with Gasteiger partial charge in [0.1, 0.15) is 6.61 Å². The van der Waals surface area contributed by atoms with Crippen molar-refractivity contribution in [1.82, 2.24) is 15.5 Å². The molecule has 5 heteroatoms. The molecular weight excluding hydrogens is 266 g/mol. The van der Waals surface area contributed by atoms with E-state index >= 15 is 0 Å². The third-order valence-corrected chi connectivity index (χ3v) is 3.73. The lowest BCUT2D eigenvalue weighted by Crippen LogP contribution is -2.40. The maximum Gasteiger partial charge on any atom is 0.246 e. The average Bonchev–Trinajstić information content (AvgIpc) is 2.96. The molecule has 1 aromatic heterocycles. The van der Waals surface area contributed by atoms with Gasteiger partial charge >= 0.3 is 0 Å². The van der Waals surface area contributed by atoms with E-state index in [-0.39, 0.29) is 18.6 Å². The first-order valence-electron chi connectivity index (χ1n) is 7.23. The van der Waals surface area contributed by atoms with Crippen LogP contribution in [0.1, 0.15) is 23.2 Å². The van der Waals surface area contributed by atoms with Gasteiger partial charge in [0.15, 0.2) is 0 Å². The summed E-state index contributed by atoms with van der Waals surface area (Å²) in [5.41, 5.74) is 3.47. The van der Waals surface area contributed by atoms with Crippen LogP contribution >= 0.6 is 0 Å². The summed E-state index contributed by atoms with van der Waals surface area (Å²) < 4.78 is 5.45. The van der Waals surface area contributed by atoms with E-state index in [0.29, 0.717) is 6.61 Å². The Balaban J connectivity index is 1.41. The Morgan fingerprint density at radius 2 is 2.24 bits per heavy atom. The SMILES string of the molecule is O=C(COCc1ccccc1)N[C@H]1CCc2cn[nH]c2C1. The lowest BCUT2D eigenvalue weighted by molar-refractivity contribution is -0.126. The van der Waals surface area contributed by atoms with Gasteiger partial charge in [-0.15, -0.1) is 0 Å². The quantitative estimate of drug-likeness (QED) is 0.877. The fourth-order valence-electron chi connectivity index (χ4n) is 2.64. The minimum atomic E-state index is -0.0566. The van der Waals surface area contributed by atoms with Gasteiger partial charge in [-0.2, -0.15) is 5.10 Å². The minimum absolute atomic E-state index is 0.0566. The molecule has 1 atom stereocenters. The molecule has 0 saturated heterocycles. The second kappa shape index (κ2) is 6.54. The number of amides is 1. The normalized spacial score (nSPS) is 17.2. The Kier molecular flexibility index (Phi) is 4.31. The van der Waals surface area contributed by atoms with Gasteiger partial charge in [0.05, 0.1) is 12.8 Å². The predicted octanol–water partition coefficient (Wildman–Crippen LogP) is 1.60. The number of benzene rings is 1. The molecule has 110 valence electrons. The first-order valence-corrected chi connectivity index (χ1v) is 7.23. The van der Waals surface area contributed by atoms with Crippen LogP contribution in [0, 0.1) is 0 Å². The Bertz CT molecular complexity index is 595. The molecule has 1 aromatic carbocycles. The first kappa shape index (κ1) is 13.8. The molecule has 0 saturated carbocycles. The van der Waals surface area contributed by atoms with Crippen LogP contribution in [-0.2, 0) is 29.0 Å². The van der Waals surface area contributed by atoms with Crippen molar-refractivity contribution >= 4 is 5.91 Å². The molecule has 1 aliphatic rings. The van der Waals surface area contributed by atoms with Crippen molar-refractivity contribution in [2.75, 3.05) is 6.61 Å². The highest BCUT2D eigenvalue weighted by atomic mass is 16.5. The van der Waals surface area contributed by atoms with Gasteiger partial charge in [0.2, 0.25) is 5.91 Å². The van der Waals surface area contributed by atoms with Gasteiger partial charge in [-0.1, -0.05) is 30.3 Å². The highest BCUT2D eigenvalue weighted by Gasteiger charge is 2.21. The van der Waals surface area contributed by atoms with Crippen molar-refractivity contribution in [3.8, 4) is 0 Å². The molecule has 0 unspecified atom stereocenters. The summed E-state index contributed by atoms with van der Waals surface area (Å²) in [6, 6.07) is 10.0. The van der Waals surface area contributed by atoms with E-state index in [4.69, 9.17) is 4.74 Å². The topological polar surface area (TPSA) is 67.0 Å². The van der Waals surface area contributed by atoms with Gasteiger partial charge in [-0.3, -0.25) is 9.89 Å². The Hall–Kier alpha value is -2.14. The smallest absolute Gasteiger partial charge is 0.246 e. The van der Waals surface area contributed by atoms with E-state index in [0.717, 1.165) is 30.5 Å². The second-order valence-corrected chi connectivity index (χ2v) is 5.36. The van der Waals surface area contributed by atoms with E-state index in [2.05, 4.69) is 15.5 Å². The highest BCUT2D eigenvalue weighted by molar-refractivity contribution is 5.77. The number of fused-ring (bicyclic) bond motifs is 1. The van der Waals surface area contributed by atoms with Gasteiger partial charge < -0.3 is 10.1 Å². The molecular formula is C16H19N3O2. The number of aromatic amines is 1. The molecule has 1 aliphatic carbocycles. The van der Waals surface area contributed by atoms with E-state index in [1.54, 1.807) is 0 Å². The molecule has 21 heavy (non-hydrogen) atoms. The summed E-state index contributed by atoms with van der Waals surface area (Å²) in [5, 5.41) is 10.1. The number of hydrogen-bond donors (Lipinski definition) is 2. The van der Waals surface area contributed by atoms with Crippen LogP contribution in [0.3, 0.4) is 0 Å². The molecule has 0 aliphatic heterocycles. The van der Waals surface area contributed by atoms with Crippen molar-refractivity contribution in [3.05, 3.63) is 53.3 Å². The fourth-order valence-corrected chi connectivity index (χ4v) is 2.64. The number of aryl methyl sites for hydroxylation is 1. The zero-order valence-electron chi connectivity index (χ0n) is 11.8. The predicted molar refractivity (Wildman–Crippen MR) is 78.6 cm³/mol. The third kappa shape index (κ3) is 3.70. The zero-order chi connectivity index (χ0) is 14.5. The largest absolute Gasteiger partial charge is 0.367 e. The van der Waals surface area contributed by atoms with Crippen molar-refractivity contribution in [2.45, 2.75) is 31.9 Å². The first-order chi connectivity index (χ1) is 10.3. The molecule has 0 spiro atoms. The maximum atomic E-state index is 11.9. The number of nitrogens with zero attached hydrogens (tertiary/aromatic N) is 1. The summed E-state index contributed by atoms with van der Waals surface area (Å²) in [4.78, 5) is 11.9. The van der Waals surface area contributed by atoms with Crippen LogP contribution in [0.2, 0.25) is 0 Å².